The van der Waals surface area contributed by atoms with E-state index in [2.05, 4.69) is 48.3 Å². The molecule has 0 fully saturated rings. The van der Waals surface area contributed by atoms with Gasteiger partial charge in [0.05, 0.1) is 0 Å². The normalized spacial score (nSPS) is 11.7. The van der Waals surface area contributed by atoms with E-state index in [1.54, 1.807) is 0 Å². The average Bonchev–Trinajstić information content (AvgIpc) is 2.32. The minimum absolute atomic E-state index is 0.508. The van der Waals surface area contributed by atoms with Gasteiger partial charge in [-0.2, -0.15) is 0 Å². The quantitative estimate of drug-likeness (QED) is 0.745. The molecule has 86 valence electrons. The van der Waals surface area contributed by atoms with Crippen molar-refractivity contribution in [1.82, 2.24) is 5.32 Å². The summed E-state index contributed by atoms with van der Waals surface area (Å²) >= 11 is 0. The molecule has 0 saturated heterocycles. The molecule has 1 aromatic carbocycles. The Morgan fingerprint density at radius 2 is 1.94 bits per heavy atom. The van der Waals surface area contributed by atoms with Crippen LogP contribution in [-0.4, -0.2) is 13.1 Å². The molecule has 0 heterocycles. The second-order valence-electron chi connectivity index (χ2n) is 4.14. The van der Waals surface area contributed by atoms with Gasteiger partial charge in [0.1, 0.15) is 0 Å². The smallest absolute Gasteiger partial charge is 0.0243 e. The van der Waals surface area contributed by atoms with Gasteiger partial charge in [-0.25, -0.2) is 0 Å². The molecule has 0 aliphatic heterocycles. The molecule has 0 amide bonds. The van der Waals surface area contributed by atoms with E-state index in [9.17, 15) is 0 Å². The monoisotopic (exact) mass is 215 g/mol. The van der Waals surface area contributed by atoms with Gasteiger partial charge in [0, 0.05) is 12.5 Å². The number of rotatable bonds is 5. The molecular weight excluding hydrogens is 194 g/mol. The summed E-state index contributed by atoms with van der Waals surface area (Å²) in [6.07, 6.45) is 3.21. The number of nitrogens with one attached hydrogen (secondary N) is 1. The van der Waals surface area contributed by atoms with Crippen molar-refractivity contribution < 1.29 is 0 Å². The second-order valence-corrected chi connectivity index (χ2v) is 4.14. The molecule has 1 unspecified atom stereocenters. The Labute approximate surface area is 99.3 Å². The topological polar surface area (TPSA) is 12.0 Å². The third-order valence-electron chi connectivity index (χ3n) is 2.84. The zero-order valence-electron chi connectivity index (χ0n) is 10.5. The van der Waals surface area contributed by atoms with Crippen LogP contribution in [-0.2, 0) is 6.42 Å². The lowest BCUT2D eigenvalue weighted by Gasteiger charge is -2.12. The maximum absolute atomic E-state index is 3.32. The molecule has 0 radical (unpaired) electrons. The first-order chi connectivity index (χ1) is 7.76. The molecular formula is C15H21N. The largest absolute Gasteiger partial charge is 0.316 e. The molecule has 1 nitrogen and oxygen atoms in total. The first-order valence-corrected chi connectivity index (χ1v) is 5.88. The highest BCUT2D eigenvalue weighted by Crippen LogP contribution is 2.08. The van der Waals surface area contributed by atoms with Gasteiger partial charge in [-0.3, -0.25) is 0 Å². The predicted octanol–water partition coefficient (Wildman–Crippen LogP) is 2.93. The molecule has 0 aliphatic carbocycles. The Morgan fingerprint density at radius 1 is 1.25 bits per heavy atom. The molecule has 0 spiro atoms. The van der Waals surface area contributed by atoms with Crippen molar-refractivity contribution in [2.45, 2.75) is 39.2 Å². The zero-order valence-corrected chi connectivity index (χ0v) is 10.5. The molecule has 0 saturated carbocycles. The van der Waals surface area contributed by atoms with E-state index in [1.165, 1.54) is 11.1 Å². The molecule has 1 heteroatoms. The van der Waals surface area contributed by atoms with Crippen LogP contribution in [0.3, 0.4) is 0 Å². The lowest BCUT2D eigenvalue weighted by Crippen LogP contribution is -2.25. The summed E-state index contributed by atoms with van der Waals surface area (Å²) in [5.41, 5.74) is 2.74. The third-order valence-corrected chi connectivity index (χ3v) is 2.84. The van der Waals surface area contributed by atoms with Crippen molar-refractivity contribution in [1.29, 1.82) is 0 Å². The average molecular weight is 215 g/mol. The van der Waals surface area contributed by atoms with E-state index in [4.69, 9.17) is 0 Å². The SMILES string of the molecule is CC#CCC(CCc1ccc(C)cc1)NC. The van der Waals surface area contributed by atoms with Gasteiger partial charge in [-0.05, 0) is 39.3 Å². The van der Waals surface area contributed by atoms with E-state index in [0.717, 1.165) is 19.3 Å². The van der Waals surface area contributed by atoms with Gasteiger partial charge in [0.2, 0.25) is 0 Å². The van der Waals surface area contributed by atoms with Crippen molar-refractivity contribution >= 4 is 0 Å². The number of hydrogen-bond acceptors (Lipinski definition) is 1. The van der Waals surface area contributed by atoms with Crippen molar-refractivity contribution in [3.63, 3.8) is 0 Å². The van der Waals surface area contributed by atoms with Crippen LogP contribution in [0.1, 0.15) is 30.9 Å². The van der Waals surface area contributed by atoms with Crippen molar-refractivity contribution in [3.05, 3.63) is 35.4 Å². The van der Waals surface area contributed by atoms with Crippen LogP contribution in [0, 0.1) is 18.8 Å². The first-order valence-electron chi connectivity index (χ1n) is 5.88. The number of hydrogen-bond donors (Lipinski definition) is 1. The van der Waals surface area contributed by atoms with Crippen LogP contribution >= 0.6 is 0 Å². The third kappa shape index (κ3) is 4.51. The van der Waals surface area contributed by atoms with Gasteiger partial charge < -0.3 is 5.32 Å². The summed E-state index contributed by atoms with van der Waals surface area (Å²) in [6.45, 7) is 4.02. The van der Waals surface area contributed by atoms with Gasteiger partial charge in [0.15, 0.2) is 0 Å². The van der Waals surface area contributed by atoms with Crippen molar-refractivity contribution in [3.8, 4) is 11.8 Å². The number of aryl methyl sites for hydroxylation is 2. The van der Waals surface area contributed by atoms with Crippen LogP contribution in [0.4, 0.5) is 0 Å². The fourth-order valence-electron chi connectivity index (χ4n) is 1.67. The maximum Gasteiger partial charge on any atom is 0.0243 e. The molecule has 0 bridgehead atoms. The highest BCUT2D eigenvalue weighted by molar-refractivity contribution is 5.21. The van der Waals surface area contributed by atoms with Gasteiger partial charge in [-0.1, -0.05) is 29.8 Å². The highest BCUT2D eigenvalue weighted by Gasteiger charge is 2.04. The molecule has 1 atom stereocenters. The van der Waals surface area contributed by atoms with Crippen LogP contribution in [0.2, 0.25) is 0 Å². The van der Waals surface area contributed by atoms with Crippen LogP contribution in [0.15, 0.2) is 24.3 Å². The maximum atomic E-state index is 3.32. The lowest BCUT2D eigenvalue weighted by atomic mass is 10.0. The minimum Gasteiger partial charge on any atom is -0.316 e. The standard InChI is InChI=1S/C15H21N/c1-4-5-6-15(16-3)12-11-14-9-7-13(2)8-10-14/h7-10,15-16H,6,11-12H2,1-3H3. The highest BCUT2D eigenvalue weighted by atomic mass is 14.9. The van der Waals surface area contributed by atoms with E-state index in [0.29, 0.717) is 6.04 Å². The molecule has 1 N–H and O–H groups in total. The summed E-state index contributed by atoms with van der Waals surface area (Å²) in [5, 5.41) is 3.32. The van der Waals surface area contributed by atoms with Crippen LogP contribution < -0.4 is 5.32 Å². The van der Waals surface area contributed by atoms with Crippen LogP contribution in [0.5, 0.6) is 0 Å². The molecule has 0 aliphatic rings. The van der Waals surface area contributed by atoms with E-state index in [1.807, 2.05) is 14.0 Å². The summed E-state index contributed by atoms with van der Waals surface area (Å²) in [7, 11) is 2.01. The number of benzene rings is 1. The van der Waals surface area contributed by atoms with Gasteiger partial charge in [0.25, 0.3) is 0 Å². The molecule has 1 aromatic rings. The summed E-state index contributed by atoms with van der Waals surface area (Å²) in [6, 6.07) is 9.29. The fourth-order valence-corrected chi connectivity index (χ4v) is 1.67. The molecule has 1 rings (SSSR count). The Morgan fingerprint density at radius 3 is 2.50 bits per heavy atom. The summed E-state index contributed by atoms with van der Waals surface area (Å²) < 4.78 is 0. The van der Waals surface area contributed by atoms with Crippen LogP contribution in [0.25, 0.3) is 0 Å². The lowest BCUT2D eigenvalue weighted by molar-refractivity contribution is 0.534. The first kappa shape index (κ1) is 12.8. The van der Waals surface area contributed by atoms with Crippen molar-refractivity contribution in [2.24, 2.45) is 0 Å². The second kappa shape index (κ2) is 7.09. The molecule has 16 heavy (non-hydrogen) atoms. The predicted molar refractivity (Wildman–Crippen MR) is 70.4 cm³/mol. The van der Waals surface area contributed by atoms with Gasteiger partial charge >= 0.3 is 0 Å². The summed E-state index contributed by atoms with van der Waals surface area (Å²) in [5.74, 6) is 6.08. The van der Waals surface area contributed by atoms with E-state index < -0.39 is 0 Å². The zero-order chi connectivity index (χ0) is 11.8. The Hall–Kier alpha value is -1.26. The Bertz CT molecular complexity index is 353. The fraction of sp³-hybridized carbons (Fsp3) is 0.467. The minimum atomic E-state index is 0.508. The molecule has 0 aromatic heterocycles. The van der Waals surface area contributed by atoms with E-state index >= 15 is 0 Å². The van der Waals surface area contributed by atoms with E-state index in [-0.39, 0.29) is 0 Å². The Kier molecular flexibility index (Phi) is 5.67. The Balaban J connectivity index is 2.41. The summed E-state index contributed by atoms with van der Waals surface area (Å²) in [4.78, 5) is 0. The van der Waals surface area contributed by atoms with Crippen molar-refractivity contribution in [2.75, 3.05) is 7.05 Å². The van der Waals surface area contributed by atoms with Gasteiger partial charge in [-0.15, -0.1) is 11.8 Å².